The van der Waals surface area contributed by atoms with Crippen LogP contribution in [0.5, 0.6) is 0 Å². The quantitative estimate of drug-likeness (QED) is 0.729. The molecule has 1 aliphatic carbocycles. The van der Waals surface area contributed by atoms with Gasteiger partial charge >= 0.3 is 6.03 Å². The van der Waals surface area contributed by atoms with E-state index in [0.717, 1.165) is 10.8 Å². The summed E-state index contributed by atoms with van der Waals surface area (Å²) in [5, 5.41) is 15.9. The summed E-state index contributed by atoms with van der Waals surface area (Å²) in [7, 11) is 0. The molecule has 4 rings (SSSR count). The van der Waals surface area contributed by atoms with Gasteiger partial charge < -0.3 is 16.4 Å². The Morgan fingerprint density at radius 3 is 2.92 bits per heavy atom. The molecular weight excluding hydrogens is 332 g/mol. The minimum atomic E-state index is -0.261. The number of amides is 3. The first-order valence-electron chi connectivity index (χ1n) is 8.44. The smallest absolute Gasteiger partial charge is 0.322 e. The molecule has 2 fully saturated rings. The van der Waals surface area contributed by atoms with Gasteiger partial charge in [-0.05, 0) is 36.9 Å². The molecule has 0 bridgehead atoms. The van der Waals surface area contributed by atoms with Gasteiger partial charge in [0, 0.05) is 29.5 Å². The lowest BCUT2D eigenvalue weighted by molar-refractivity contribution is -0.117. The van der Waals surface area contributed by atoms with E-state index in [1.54, 1.807) is 23.2 Å². The number of pyridine rings is 1. The van der Waals surface area contributed by atoms with Crippen LogP contribution < -0.4 is 21.3 Å². The van der Waals surface area contributed by atoms with Crippen molar-refractivity contribution >= 4 is 39.9 Å². The molecule has 0 radical (unpaired) electrons. The third-order valence-electron chi connectivity index (χ3n) is 4.88. The van der Waals surface area contributed by atoms with Gasteiger partial charge in [0.15, 0.2) is 0 Å². The molecule has 1 aliphatic heterocycles. The molecule has 132 valence electrons. The molecule has 3 unspecified atom stereocenters. The van der Waals surface area contributed by atoms with E-state index in [9.17, 15) is 9.59 Å². The number of nitrogens with one attached hydrogen (secondary N) is 2. The van der Waals surface area contributed by atoms with Crippen LogP contribution in [0.4, 0.5) is 22.0 Å². The van der Waals surface area contributed by atoms with E-state index < -0.39 is 0 Å². The lowest BCUT2D eigenvalue weighted by Gasteiger charge is -2.21. The lowest BCUT2D eigenvalue weighted by atomic mass is 10.1. The minimum absolute atomic E-state index is 0.0261. The first kappa shape index (κ1) is 16.1. The summed E-state index contributed by atoms with van der Waals surface area (Å²) in [6.45, 7) is 2.54. The predicted molar refractivity (Wildman–Crippen MR) is 97.3 cm³/mol. The van der Waals surface area contributed by atoms with Crippen molar-refractivity contribution in [2.24, 2.45) is 11.8 Å². The molecule has 1 saturated carbocycles. The van der Waals surface area contributed by atoms with Crippen LogP contribution >= 0.6 is 0 Å². The number of carbonyl (C=O) groups is 2. The van der Waals surface area contributed by atoms with Gasteiger partial charge in [-0.1, -0.05) is 0 Å². The van der Waals surface area contributed by atoms with Crippen molar-refractivity contribution in [3.63, 3.8) is 0 Å². The summed E-state index contributed by atoms with van der Waals surface area (Å²) >= 11 is 0. The Morgan fingerprint density at radius 1 is 1.46 bits per heavy atom. The number of benzene rings is 1. The molecule has 26 heavy (non-hydrogen) atoms. The number of hydrogen-bond acceptors (Lipinski definition) is 5. The maximum absolute atomic E-state index is 12.1. The molecule has 1 aromatic heterocycles. The number of fused-ring (bicyclic) bond motifs is 1. The van der Waals surface area contributed by atoms with Crippen molar-refractivity contribution < 1.29 is 9.59 Å². The Balaban J connectivity index is 1.65. The summed E-state index contributed by atoms with van der Waals surface area (Å²) in [6, 6.07) is 7.32. The number of carbonyl (C=O) groups excluding carboxylic acids is 2. The fourth-order valence-corrected chi connectivity index (χ4v) is 3.31. The highest BCUT2D eigenvalue weighted by Crippen LogP contribution is 2.38. The fourth-order valence-electron chi connectivity index (χ4n) is 3.31. The van der Waals surface area contributed by atoms with E-state index in [1.165, 1.54) is 0 Å². The second-order valence-corrected chi connectivity index (χ2v) is 6.80. The zero-order chi connectivity index (χ0) is 18.4. The number of aromatic nitrogens is 1. The Kier molecular flexibility index (Phi) is 3.65. The van der Waals surface area contributed by atoms with Crippen molar-refractivity contribution in [1.82, 2.24) is 10.3 Å². The number of hydrogen-bond donors (Lipinski definition) is 3. The predicted octanol–water partition coefficient (Wildman–Crippen LogP) is 1.83. The van der Waals surface area contributed by atoms with Crippen LogP contribution in [0.25, 0.3) is 10.8 Å². The third kappa shape index (κ3) is 2.67. The first-order chi connectivity index (χ1) is 12.5. The monoisotopic (exact) mass is 350 g/mol. The molecule has 2 aliphatic rings. The standard InChI is InChI=1S/C18H18N6O2/c1-9-7-22-18(26)24(9)12-2-10-4-16(21-8-14(10)15(20)5-12)23-17(25)13-3-11(13)6-19/h2,4-5,8-9,11,13H,3,7,20H2,1H3,(H,22,26)(H,21,23,25). The van der Waals surface area contributed by atoms with Crippen molar-refractivity contribution in [3.8, 4) is 6.07 Å². The van der Waals surface area contributed by atoms with E-state index >= 15 is 0 Å². The topological polar surface area (TPSA) is 124 Å². The fraction of sp³-hybridized carbons (Fsp3) is 0.333. The van der Waals surface area contributed by atoms with E-state index in [4.69, 9.17) is 11.0 Å². The Hall–Kier alpha value is -3.34. The van der Waals surface area contributed by atoms with Crippen LogP contribution in [-0.2, 0) is 4.79 Å². The maximum Gasteiger partial charge on any atom is 0.322 e. The molecule has 3 atom stereocenters. The number of nitrogens with zero attached hydrogens (tertiary/aromatic N) is 3. The molecular formula is C18H18N6O2. The average molecular weight is 350 g/mol. The van der Waals surface area contributed by atoms with Gasteiger partial charge in [0.25, 0.3) is 0 Å². The van der Waals surface area contributed by atoms with Crippen LogP contribution in [0.1, 0.15) is 13.3 Å². The van der Waals surface area contributed by atoms with Crippen molar-refractivity contribution in [2.45, 2.75) is 19.4 Å². The summed E-state index contributed by atoms with van der Waals surface area (Å²) in [6.07, 6.45) is 2.20. The van der Waals surface area contributed by atoms with E-state index in [0.29, 0.717) is 30.2 Å². The van der Waals surface area contributed by atoms with Gasteiger partial charge in [-0.15, -0.1) is 0 Å². The summed E-state index contributed by atoms with van der Waals surface area (Å²) in [4.78, 5) is 30.1. The average Bonchev–Trinajstić information content (AvgIpc) is 3.33. The van der Waals surface area contributed by atoms with E-state index in [2.05, 4.69) is 21.7 Å². The molecule has 8 nitrogen and oxygen atoms in total. The summed E-state index contributed by atoms with van der Waals surface area (Å²) < 4.78 is 0. The van der Waals surface area contributed by atoms with Gasteiger partial charge in [0.1, 0.15) is 5.82 Å². The number of rotatable bonds is 3. The number of nitriles is 1. The Labute approximate surface area is 150 Å². The third-order valence-corrected chi connectivity index (χ3v) is 4.88. The molecule has 8 heteroatoms. The van der Waals surface area contributed by atoms with Gasteiger partial charge in [-0.3, -0.25) is 9.69 Å². The van der Waals surface area contributed by atoms with Crippen LogP contribution in [0.3, 0.4) is 0 Å². The van der Waals surface area contributed by atoms with Gasteiger partial charge in [0.2, 0.25) is 5.91 Å². The van der Waals surface area contributed by atoms with Crippen molar-refractivity contribution in [1.29, 1.82) is 5.26 Å². The molecule has 0 spiro atoms. The van der Waals surface area contributed by atoms with Crippen LogP contribution in [-0.4, -0.2) is 29.5 Å². The van der Waals surface area contributed by atoms with Gasteiger partial charge in [0.05, 0.1) is 23.9 Å². The maximum atomic E-state index is 12.1. The van der Waals surface area contributed by atoms with E-state index in [1.807, 2.05) is 13.0 Å². The van der Waals surface area contributed by atoms with Crippen LogP contribution in [0.15, 0.2) is 24.4 Å². The lowest BCUT2D eigenvalue weighted by Crippen LogP contribution is -2.32. The van der Waals surface area contributed by atoms with Gasteiger partial charge in [-0.2, -0.15) is 5.26 Å². The summed E-state index contributed by atoms with van der Waals surface area (Å²) in [5.41, 5.74) is 7.36. The number of nitrogen functional groups attached to an aromatic ring is 1. The summed E-state index contributed by atoms with van der Waals surface area (Å²) in [5.74, 6) is -0.252. The number of anilines is 3. The molecule has 2 heterocycles. The normalized spacial score (nSPS) is 24.2. The van der Waals surface area contributed by atoms with Crippen LogP contribution in [0, 0.1) is 23.2 Å². The van der Waals surface area contributed by atoms with Crippen LogP contribution in [0.2, 0.25) is 0 Å². The minimum Gasteiger partial charge on any atom is -0.398 e. The second-order valence-electron chi connectivity index (χ2n) is 6.80. The zero-order valence-electron chi connectivity index (χ0n) is 14.2. The largest absolute Gasteiger partial charge is 0.398 e. The number of urea groups is 1. The second kappa shape index (κ2) is 5.88. The molecule has 2 aromatic rings. The highest BCUT2D eigenvalue weighted by Gasteiger charge is 2.43. The van der Waals surface area contributed by atoms with Gasteiger partial charge in [-0.25, -0.2) is 9.78 Å². The Bertz CT molecular complexity index is 966. The van der Waals surface area contributed by atoms with Crippen molar-refractivity contribution in [2.75, 3.05) is 22.5 Å². The molecule has 1 aromatic carbocycles. The number of nitrogens with two attached hydrogens (primary N) is 1. The van der Waals surface area contributed by atoms with E-state index in [-0.39, 0.29) is 29.8 Å². The molecule has 3 amide bonds. The molecule has 1 saturated heterocycles. The zero-order valence-corrected chi connectivity index (χ0v) is 14.2. The highest BCUT2D eigenvalue weighted by molar-refractivity contribution is 6.03. The Morgan fingerprint density at radius 2 is 2.27 bits per heavy atom. The SMILES string of the molecule is CC1CNC(=O)N1c1cc(N)c2cnc(NC(=O)C3CC3C#N)cc2c1. The highest BCUT2D eigenvalue weighted by atomic mass is 16.2. The van der Waals surface area contributed by atoms with Crippen molar-refractivity contribution in [3.05, 3.63) is 24.4 Å². The first-order valence-corrected chi connectivity index (χ1v) is 8.44. The molecule has 4 N–H and O–H groups in total.